The second-order valence-corrected chi connectivity index (χ2v) is 5.50. The summed E-state index contributed by atoms with van der Waals surface area (Å²) < 4.78 is 1.08. The summed E-state index contributed by atoms with van der Waals surface area (Å²) in [6.07, 6.45) is 0.526. The molecule has 14 heavy (non-hydrogen) atoms. The second-order valence-electron chi connectivity index (χ2n) is 2.95. The van der Waals surface area contributed by atoms with E-state index in [-0.39, 0.29) is 5.91 Å². The molecule has 0 aliphatic heterocycles. The van der Waals surface area contributed by atoms with Gasteiger partial charge in [-0.2, -0.15) is 0 Å². The molecule has 0 bridgehead atoms. The van der Waals surface area contributed by atoms with E-state index in [1.165, 1.54) is 0 Å². The minimum atomic E-state index is 0.212. The first kappa shape index (κ1) is 11.7. The molecule has 1 amide bonds. The summed E-state index contributed by atoms with van der Waals surface area (Å²) in [7, 11) is 0. The Labute approximate surface area is 97.1 Å². The summed E-state index contributed by atoms with van der Waals surface area (Å²) in [5, 5.41) is 0. The molecule has 0 aliphatic carbocycles. The van der Waals surface area contributed by atoms with Crippen molar-refractivity contribution in [1.82, 2.24) is 4.90 Å². The van der Waals surface area contributed by atoms with E-state index >= 15 is 0 Å². The Morgan fingerprint density at radius 3 is 2.50 bits per heavy atom. The maximum Gasteiger partial charge on any atom is 0.227 e. The van der Waals surface area contributed by atoms with Crippen LogP contribution in [0.1, 0.15) is 18.7 Å². The van der Waals surface area contributed by atoms with Gasteiger partial charge in [-0.1, -0.05) is 0 Å². The number of nitrogens with zero attached hydrogens (tertiary/aromatic N) is 1. The van der Waals surface area contributed by atoms with Crippen molar-refractivity contribution in [3.63, 3.8) is 0 Å². The molecule has 1 aromatic heterocycles. The first-order valence-corrected chi connectivity index (χ1v) is 6.30. The number of likely N-dealkylation sites (N-methyl/N-ethyl adjacent to an activating group) is 1. The van der Waals surface area contributed by atoms with Gasteiger partial charge in [0.15, 0.2) is 0 Å². The average molecular weight is 276 g/mol. The molecule has 0 aliphatic rings. The van der Waals surface area contributed by atoms with E-state index in [0.29, 0.717) is 6.42 Å². The lowest BCUT2D eigenvalue weighted by atomic mass is 10.3. The van der Waals surface area contributed by atoms with Gasteiger partial charge in [0.1, 0.15) is 0 Å². The van der Waals surface area contributed by atoms with Crippen molar-refractivity contribution in [2.24, 2.45) is 0 Å². The van der Waals surface area contributed by atoms with Crippen LogP contribution < -0.4 is 0 Å². The van der Waals surface area contributed by atoms with Gasteiger partial charge in [0.2, 0.25) is 5.91 Å². The summed E-state index contributed by atoms with van der Waals surface area (Å²) in [4.78, 5) is 14.7. The van der Waals surface area contributed by atoms with E-state index in [0.717, 1.165) is 21.8 Å². The molecular weight excluding hydrogens is 262 g/mol. The summed E-state index contributed by atoms with van der Waals surface area (Å²) in [6.45, 7) is 5.60. The van der Waals surface area contributed by atoms with Crippen LogP contribution in [-0.2, 0) is 11.2 Å². The molecule has 0 saturated carbocycles. The van der Waals surface area contributed by atoms with Crippen LogP contribution in [-0.4, -0.2) is 23.9 Å². The van der Waals surface area contributed by atoms with E-state index in [1.54, 1.807) is 11.3 Å². The Hall–Kier alpha value is -0.350. The van der Waals surface area contributed by atoms with E-state index in [2.05, 4.69) is 15.9 Å². The Morgan fingerprint density at radius 2 is 2.07 bits per heavy atom. The first-order chi connectivity index (χ1) is 6.67. The highest BCUT2D eigenvalue weighted by Crippen LogP contribution is 2.22. The highest BCUT2D eigenvalue weighted by Gasteiger charge is 2.11. The van der Waals surface area contributed by atoms with Crippen molar-refractivity contribution >= 4 is 33.2 Å². The third-order valence-corrected chi connectivity index (χ3v) is 3.69. The normalized spacial score (nSPS) is 10.2. The maximum absolute atomic E-state index is 11.7. The zero-order chi connectivity index (χ0) is 10.6. The van der Waals surface area contributed by atoms with Gasteiger partial charge >= 0.3 is 0 Å². The van der Waals surface area contributed by atoms with E-state index < -0.39 is 0 Å². The second kappa shape index (κ2) is 5.51. The van der Waals surface area contributed by atoms with Gasteiger partial charge < -0.3 is 4.90 Å². The van der Waals surface area contributed by atoms with E-state index in [1.807, 2.05) is 30.9 Å². The molecule has 0 fully saturated rings. The Bertz CT molecular complexity index is 307. The third kappa shape index (κ3) is 3.10. The summed E-state index contributed by atoms with van der Waals surface area (Å²) in [5.41, 5.74) is 0. The predicted octanol–water partition coefficient (Wildman–Crippen LogP) is 2.92. The average Bonchev–Trinajstić information content (AvgIpc) is 2.53. The van der Waals surface area contributed by atoms with Gasteiger partial charge in [0.25, 0.3) is 0 Å². The molecule has 0 atom stereocenters. The topological polar surface area (TPSA) is 20.3 Å². The van der Waals surface area contributed by atoms with Gasteiger partial charge in [0, 0.05) is 18.0 Å². The quantitative estimate of drug-likeness (QED) is 0.828. The number of hydrogen-bond acceptors (Lipinski definition) is 2. The molecule has 0 aromatic carbocycles. The number of carbonyl (C=O) groups excluding carboxylic acids is 1. The Morgan fingerprint density at radius 1 is 1.43 bits per heavy atom. The lowest BCUT2D eigenvalue weighted by Crippen LogP contribution is -2.31. The number of hydrogen-bond donors (Lipinski definition) is 0. The fourth-order valence-electron chi connectivity index (χ4n) is 1.28. The minimum Gasteiger partial charge on any atom is -0.343 e. The molecule has 1 aromatic rings. The Balaban J connectivity index is 2.56. The summed E-state index contributed by atoms with van der Waals surface area (Å²) >= 11 is 5.01. The van der Waals surface area contributed by atoms with Crippen LogP contribution >= 0.6 is 27.3 Å². The predicted molar refractivity (Wildman–Crippen MR) is 63.7 cm³/mol. The molecule has 0 saturated heterocycles. The van der Waals surface area contributed by atoms with Crippen LogP contribution in [0.4, 0.5) is 0 Å². The Kier molecular flexibility index (Phi) is 4.62. The molecule has 1 heterocycles. The minimum absolute atomic E-state index is 0.212. The van der Waals surface area contributed by atoms with Gasteiger partial charge in [0.05, 0.1) is 10.2 Å². The van der Waals surface area contributed by atoms with Crippen LogP contribution in [0.5, 0.6) is 0 Å². The van der Waals surface area contributed by atoms with Crippen LogP contribution in [0.15, 0.2) is 15.9 Å². The molecule has 2 nitrogen and oxygen atoms in total. The molecule has 0 unspecified atom stereocenters. The maximum atomic E-state index is 11.7. The number of amides is 1. The SMILES string of the molecule is CCN(CC)C(=O)Cc1ccc(Br)s1. The third-order valence-electron chi connectivity index (χ3n) is 2.07. The van der Waals surface area contributed by atoms with Crippen LogP contribution in [0.3, 0.4) is 0 Å². The molecule has 4 heteroatoms. The highest BCUT2D eigenvalue weighted by molar-refractivity contribution is 9.11. The smallest absolute Gasteiger partial charge is 0.227 e. The molecule has 78 valence electrons. The van der Waals surface area contributed by atoms with Crippen molar-refractivity contribution < 1.29 is 4.79 Å². The number of carbonyl (C=O) groups is 1. The number of halogens is 1. The molecule has 0 spiro atoms. The summed E-state index contributed by atoms with van der Waals surface area (Å²) in [6, 6.07) is 3.98. The van der Waals surface area contributed by atoms with Crippen molar-refractivity contribution in [3.05, 3.63) is 20.8 Å². The lowest BCUT2D eigenvalue weighted by molar-refractivity contribution is -0.130. The van der Waals surface area contributed by atoms with Gasteiger partial charge in [-0.25, -0.2) is 0 Å². The van der Waals surface area contributed by atoms with Crippen LogP contribution in [0.25, 0.3) is 0 Å². The number of thiophene rings is 1. The van der Waals surface area contributed by atoms with Crippen LogP contribution in [0.2, 0.25) is 0 Å². The summed E-state index contributed by atoms with van der Waals surface area (Å²) in [5.74, 6) is 0.212. The molecular formula is C10H14BrNOS. The van der Waals surface area contributed by atoms with Crippen molar-refractivity contribution in [1.29, 1.82) is 0 Å². The fraction of sp³-hybridized carbons (Fsp3) is 0.500. The zero-order valence-corrected chi connectivity index (χ0v) is 10.8. The first-order valence-electron chi connectivity index (χ1n) is 4.69. The lowest BCUT2D eigenvalue weighted by Gasteiger charge is -2.17. The largest absolute Gasteiger partial charge is 0.343 e. The van der Waals surface area contributed by atoms with Crippen molar-refractivity contribution in [2.75, 3.05) is 13.1 Å². The molecule has 0 radical (unpaired) electrons. The van der Waals surface area contributed by atoms with Crippen molar-refractivity contribution in [2.45, 2.75) is 20.3 Å². The molecule has 1 rings (SSSR count). The van der Waals surface area contributed by atoms with Gasteiger partial charge in [-0.05, 0) is 41.9 Å². The standard InChI is InChI=1S/C10H14BrNOS/c1-3-12(4-2)10(13)7-8-5-6-9(11)14-8/h5-6H,3-4,7H2,1-2H3. The van der Waals surface area contributed by atoms with Gasteiger partial charge in [-0.15, -0.1) is 11.3 Å². The van der Waals surface area contributed by atoms with Crippen LogP contribution in [0, 0.1) is 0 Å². The highest BCUT2D eigenvalue weighted by atomic mass is 79.9. The zero-order valence-electron chi connectivity index (χ0n) is 8.42. The van der Waals surface area contributed by atoms with Crippen molar-refractivity contribution in [3.8, 4) is 0 Å². The monoisotopic (exact) mass is 275 g/mol. The van der Waals surface area contributed by atoms with Gasteiger partial charge in [-0.3, -0.25) is 4.79 Å². The number of rotatable bonds is 4. The fourth-order valence-corrected chi connectivity index (χ4v) is 2.76. The van der Waals surface area contributed by atoms with E-state index in [4.69, 9.17) is 0 Å². The molecule has 0 N–H and O–H groups in total. The van der Waals surface area contributed by atoms with E-state index in [9.17, 15) is 4.79 Å².